The molecule has 0 aromatic rings. The van der Waals surface area contributed by atoms with E-state index in [2.05, 4.69) is 37.9 Å². The Morgan fingerprint density at radius 1 is 1.05 bits per heavy atom. The highest BCUT2D eigenvalue weighted by atomic mass is 16.3. The first kappa shape index (κ1) is 16.9. The van der Waals surface area contributed by atoms with Crippen LogP contribution in [0.4, 0.5) is 0 Å². The Morgan fingerprint density at radius 3 is 2.05 bits per heavy atom. The second kappa shape index (κ2) is 8.23. The van der Waals surface area contributed by atoms with Gasteiger partial charge in [-0.3, -0.25) is 0 Å². The van der Waals surface area contributed by atoms with Gasteiger partial charge in [0, 0.05) is 17.6 Å². The summed E-state index contributed by atoms with van der Waals surface area (Å²) >= 11 is 0. The van der Waals surface area contributed by atoms with Gasteiger partial charge in [-0.1, -0.05) is 33.1 Å². The highest BCUT2D eigenvalue weighted by Crippen LogP contribution is 2.20. The summed E-state index contributed by atoms with van der Waals surface area (Å²) in [6.45, 7) is 11.4. The van der Waals surface area contributed by atoms with Crippen LogP contribution in [-0.2, 0) is 0 Å². The van der Waals surface area contributed by atoms with Gasteiger partial charge in [0.1, 0.15) is 0 Å². The minimum absolute atomic E-state index is 0.157. The van der Waals surface area contributed by atoms with Crippen LogP contribution in [0.5, 0.6) is 0 Å². The van der Waals surface area contributed by atoms with Crippen molar-refractivity contribution >= 4 is 0 Å². The number of hydrogen-bond acceptors (Lipinski definition) is 3. The lowest BCUT2D eigenvalue weighted by molar-refractivity contribution is 0.104. The third-order valence-corrected chi connectivity index (χ3v) is 4.25. The van der Waals surface area contributed by atoms with Crippen LogP contribution in [0, 0.1) is 0 Å². The highest BCUT2D eigenvalue weighted by Gasteiger charge is 2.28. The van der Waals surface area contributed by atoms with Gasteiger partial charge in [-0.25, -0.2) is 0 Å². The minimum atomic E-state index is -0.157. The number of nitrogens with zero attached hydrogens (tertiary/aromatic N) is 1. The van der Waals surface area contributed by atoms with Crippen molar-refractivity contribution in [2.24, 2.45) is 0 Å². The van der Waals surface area contributed by atoms with Gasteiger partial charge in [-0.2, -0.15) is 0 Å². The van der Waals surface area contributed by atoms with E-state index in [0.29, 0.717) is 12.1 Å². The van der Waals surface area contributed by atoms with Crippen molar-refractivity contribution in [3.63, 3.8) is 0 Å². The topological polar surface area (TPSA) is 35.5 Å². The van der Waals surface area contributed by atoms with Crippen LogP contribution in [0.3, 0.4) is 0 Å². The average Bonchev–Trinajstić information content (AvgIpc) is 2.26. The molecule has 0 radical (unpaired) electrons. The van der Waals surface area contributed by atoms with Gasteiger partial charge in [0.15, 0.2) is 0 Å². The van der Waals surface area contributed by atoms with Crippen LogP contribution in [0.1, 0.15) is 66.2 Å². The molecule has 0 aromatic carbocycles. The smallest absolute Gasteiger partial charge is 0.0611 e. The number of rotatable bonds is 6. The molecule has 2 N–H and O–H groups in total. The summed E-state index contributed by atoms with van der Waals surface area (Å²) in [4.78, 5) is 2.62. The highest BCUT2D eigenvalue weighted by molar-refractivity contribution is 4.88. The zero-order valence-corrected chi connectivity index (χ0v) is 13.4. The Morgan fingerprint density at radius 2 is 1.58 bits per heavy atom. The number of hydrogen-bond donors (Lipinski definition) is 2. The lowest BCUT2D eigenvalue weighted by atomic mass is 9.92. The third-order valence-electron chi connectivity index (χ3n) is 4.25. The largest absolute Gasteiger partial charge is 0.394 e. The molecule has 0 amide bonds. The van der Waals surface area contributed by atoms with E-state index in [0.717, 1.165) is 6.42 Å². The predicted octanol–water partition coefficient (Wildman–Crippen LogP) is 2.78. The van der Waals surface area contributed by atoms with Crippen molar-refractivity contribution in [3.8, 4) is 0 Å². The fourth-order valence-corrected chi connectivity index (χ4v) is 3.36. The fraction of sp³-hybridized carbons (Fsp3) is 1.00. The summed E-state index contributed by atoms with van der Waals surface area (Å²) < 4.78 is 0. The quantitative estimate of drug-likeness (QED) is 0.779. The molecule has 1 aliphatic rings. The summed E-state index contributed by atoms with van der Waals surface area (Å²) in [5, 5.41) is 13.2. The maximum Gasteiger partial charge on any atom is 0.0611 e. The van der Waals surface area contributed by atoms with Crippen molar-refractivity contribution in [2.75, 3.05) is 19.7 Å². The molecule has 0 aromatic heterocycles. The molecule has 0 aliphatic carbocycles. The summed E-state index contributed by atoms with van der Waals surface area (Å²) in [6.07, 6.45) is 7.85. The van der Waals surface area contributed by atoms with E-state index in [4.69, 9.17) is 0 Å². The van der Waals surface area contributed by atoms with Crippen LogP contribution in [-0.4, -0.2) is 47.3 Å². The van der Waals surface area contributed by atoms with Crippen LogP contribution >= 0.6 is 0 Å². The predicted molar refractivity (Wildman–Crippen MR) is 82.5 cm³/mol. The van der Waals surface area contributed by atoms with Gasteiger partial charge >= 0.3 is 0 Å². The van der Waals surface area contributed by atoms with E-state index in [-0.39, 0.29) is 12.1 Å². The van der Waals surface area contributed by atoms with Crippen molar-refractivity contribution in [3.05, 3.63) is 0 Å². The zero-order valence-electron chi connectivity index (χ0n) is 13.4. The van der Waals surface area contributed by atoms with E-state index in [1.54, 1.807) is 0 Å². The van der Waals surface area contributed by atoms with Gasteiger partial charge in [-0.05, 0) is 46.2 Å². The van der Waals surface area contributed by atoms with Gasteiger partial charge < -0.3 is 15.3 Å². The maximum atomic E-state index is 9.70. The Labute approximate surface area is 119 Å². The maximum absolute atomic E-state index is 9.70. The van der Waals surface area contributed by atoms with E-state index >= 15 is 0 Å². The average molecular weight is 270 g/mol. The molecular weight excluding hydrogens is 236 g/mol. The van der Waals surface area contributed by atoms with E-state index < -0.39 is 0 Å². The molecule has 1 saturated heterocycles. The van der Waals surface area contributed by atoms with E-state index in [1.807, 2.05) is 0 Å². The molecule has 0 spiro atoms. The van der Waals surface area contributed by atoms with Gasteiger partial charge in [0.25, 0.3) is 0 Å². The third kappa shape index (κ3) is 6.24. The molecule has 0 bridgehead atoms. The number of aliphatic hydroxyl groups is 1. The number of nitrogens with one attached hydrogen (secondary N) is 1. The SMILES string of the molecule is CC(C)NC(C)(CO)CC(C)N1CCCCCCC1. The summed E-state index contributed by atoms with van der Waals surface area (Å²) in [5.41, 5.74) is -0.157. The van der Waals surface area contributed by atoms with Crippen molar-refractivity contribution in [1.82, 2.24) is 10.2 Å². The Kier molecular flexibility index (Phi) is 7.33. The summed E-state index contributed by atoms with van der Waals surface area (Å²) in [6, 6.07) is 0.957. The van der Waals surface area contributed by atoms with Crippen LogP contribution in [0.15, 0.2) is 0 Å². The fourth-order valence-electron chi connectivity index (χ4n) is 3.36. The summed E-state index contributed by atoms with van der Waals surface area (Å²) in [7, 11) is 0. The first-order chi connectivity index (χ1) is 8.97. The second-order valence-corrected chi connectivity index (χ2v) is 6.87. The molecule has 19 heavy (non-hydrogen) atoms. The lowest BCUT2D eigenvalue weighted by Gasteiger charge is -2.38. The molecule has 2 atom stereocenters. The molecule has 1 fully saturated rings. The van der Waals surface area contributed by atoms with Gasteiger partial charge in [0.2, 0.25) is 0 Å². The van der Waals surface area contributed by atoms with Crippen LogP contribution in [0.25, 0.3) is 0 Å². The zero-order chi connectivity index (χ0) is 14.3. The van der Waals surface area contributed by atoms with Gasteiger partial charge in [0.05, 0.1) is 6.61 Å². The normalized spacial score (nSPS) is 23.7. The molecule has 1 rings (SSSR count). The molecule has 114 valence electrons. The molecule has 0 saturated carbocycles. The standard InChI is InChI=1S/C16H34N2O/c1-14(2)17-16(4,13-19)12-15(3)18-10-8-6-5-7-9-11-18/h14-15,17,19H,5-13H2,1-4H3. The molecule has 3 heteroatoms. The van der Waals surface area contributed by atoms with Crippen LogP contribution in [0.2, 0.25) is 0 Å². The Hall–Kier alpha value is -0.120. The van der Waals surface area contributed by atoms with Gasteiger partial charge in [-0.15, -0.1) is 0 Å². The van der Waals surface area contributed by atoms with Crippen molar-refractivity contribution in [2.45, 2.75) is 83.8 Å². The molecule has 3 nitrogen and oxygen atoms in total. The number of aliphatic hydroxyl groups excluding tert-OH is 1. The summed E-state index contributed by atoms with van der Waals surface area (Å²) in [5.74, 6) is 0. The molecule has 1 heterocycles. The van der Waals surface area contributed by atoms with E-state index in [1.165, 1.54) is 45.2 Å². The number of likely N-dealkylation sites (tertiary alicyclic amines) is 1. The van der Waals surface area contributed by atoms with Crippen molar-refractivity contribution in [1.29, 1.82) is 0 Å². The monoisotopic (exact) mass is 270 g/mol. The Balaban J connectivity index is 2.51. The second-order valence-electron chi connectivity index (χ2n) is 6.87. The van der Waals surface area contributed by atoms with E-state index in [9.17, 15) is 5.11 Å². The first-order valence-corrected chi connectivity index (χ1v) is 8.09. The minimum Gasteiger partial charge on any atom is -0.394 e. The molecule has 2 unspecified atom stereocenters. The lowest BCUT2D eigenvalue weighted by Crippen LogP contribution is -2.53. The molecule has 1 aliphatic heterocycles. The van der Waals surface area contributed by atoms with Crippen LogP contribution < -0.4 is 5.32 Å². The molecular formula is C16H34N2O. The first-order valence-electron chi connectivity index (χ1n) is 8.09. The Bertz CT molecular complexity index is 237. The van der Waals surface area contributed by atoms with Crippen molar-refractivity contribution < 1.29 is 5.11 Å².